The molecule has 0 aliphatic rings. The van der Waals surface area contributed by atoms with Crippen molar-refractivity contribution in [3.05, 3.63) is 75.3 Å². The van der Waals surface area contributed by atoms with Gasteiger partial charge in [-0.25, -0.2) is 18.0 Å². The Balaban J connectivity index is 2.58. The minimum Gasteiger partial charge on any atom is -0.478 e. The zero-order valence-electron chi connectivity index (χ0n) is 14.9. The molecule has 0 amide bonds. The fourth-order valence-electron chi connectivity index (χ4n) is 2.69. The number of carbonyl (C=O) groups is 1. The predicted molar refractivity (Wildman–Crippen MR) is 92.4 cm³/mol. The summed E-state index contributed by atoms with van der Waals surface area (Å²) in [4.78, 5) is 11.1. The molecular formula is C19H10ClF9O2. The van der Waals surface area contributed by atoms with Crippen LogP contribution in [0.4, 0.5) is 39.5 Å². The van der Waals surface area contributed by atoms with Crippen LogP contribution in [0.25, 0.3) is 5.83 Å². The van der Waals surface area contributed by atoms with Crippen molar-refractivity contribution >= 4 is 23.4 Å². The smallest absolute Gasteiger partial charge is 0.399 e. The summed E-state index contributed by atoms with van der Waals surface area (Å²) in [6.07, 6.45) is -11.9. The van der Waals surface area contributed by atoms with E-state index >= 15 is 0 Å². The molecule has 12 heteroatoms. The molecule has 0 bridgehead atoms. The molecule has 2 aromatic carbocycles. The van der Waals surface area contributed by atoms with Gasteiger partial charge < -0.3 is 5.11 Å². The van der Waals surface area contributed by atoms with Gasteiger partial charge in [-0.15, -0.1) is 0 Å². The Labute approximate surface area is 173 Å². The number of carboxylic acids is 1. The molecule has 168 valence electrons. The van der Waals surface area contributed by atoms with Gasteiger partial charge in [-0.1, -0.05) is 17.7 Å². The minimum atomic E-state index is -5.21. The SMILES string of the molecule is O=C(O)c1ccc(/C(F)=C/C(c2cc(F)c(F)c(Cl)c2)C(F)(F)F)cc1CC(F)(F)F. The standard InChI is InChI=1S/C19H10ClF9O2/c20-13-4-9(5-15(22)16(13)23)12(19(27,28)29)6-14(21)8-1-2-11(17(30)31)10(3-8)7-18(24,25)26/h1-6,12H,7H2,(H,30,31)/b14-6-. The van der Waals surface area contributed by atoms with Crippen molar-refractivity contribution in [2.24, 2.45) is 0 Å². The lowest BCUT2D eigenvalue weighted by molar-refractivity contribution is -0.139. The number of rotatable bonds is 5. The van der Waals surface area contributed by atoms with Gasteiger partial charge in [0.2, 0.25) is 0 Å². The second-order valence-corrected chi connectivity index (χ2v) is 6.71. The van der Waals surface area contributed by atoms with Crippen LogP contribution in [0.2, 0.25) is 5.02 Å². The maximum absolute atomic E-state index is 14.6. The van der Waals surface area contributed by atoms with Crippen LogP contribution in [0.15, 0.2) is 36.4 Å². The molecule has 31 heavy (non-hydrogen) atoms. The molecule has 0 saturated heterocycles. The van der Waals surface area contributed by atoms with E-state index in [4.69, 9.17) is 16.7 Å². The molecule has 0 aliphatic carbocycles. The maximum atomic E-state index is 14.6. The van der Waals surface area contributed by atoms with Crippen molar-refractivity contribution in [3.63, 3.8) is 0 Å². The maximum Gasteiger partial charge on any atom is 0.399 e. The Morgan fingerprint density at radius 1 is 1.06 bits per heavy atom. The number of carboxylic acid groups (broad SMARTS) is 1. The van der Waals surface area contributed by atoms with Gasteiger partial charge in [0, 0.05) is 5.56 Å². The second-order valence-electron chi connectivity index (χ2n) is 6.30. The topological polar surface area (TPSA) is 37.3 Å². The second kappa shape index (κ2) is 8.81. The van der Waals surface area contributed by atoms with E-state index in [1.165, 1.54) is 0 Å². The van der Waals surface area contributed by atoms with Crippen molar-refractivity contribution in [3.8, 4) is 0 Å². The summed E-state index contributed by atoms with van der Waals surface area (Å²) in [6.45, 7) is 0. The van der Waals surface area contributed by atoms with Gasteiger partial charge in [-0.3, -0.25) is 0 Å². The highest BCUT2D eigenvalue weighted by Gasteiger charge is 2.40. The Bertz CT molecular complexity index is 1000. The molecule has 0 heterocycles. The van der Waals surface area contributed by atoms with Crippen LogP contribution in [0.5, 0.6) is 0 Å². The first kappa shape index (κ1) is 24.6. The Hall–Kier alpha value is -2.69. The molecule has 2 rings (SSSR count). The summed E-state index contributed by atoms with van der Waals surface area (Å²) in [5.41, 5.74) is -3.41. The normalized spacial score (nSPS) is 13.9. The monoisotopic (exact) mass is 476 g/mol. The van der Waals surface area contributed by atoms with Gasteiger partial charge in [-0.05, 0) is 41.5 Å². The van der Waals surface area contributed by atoms with E-state index in [9.17, 15) is 44.3 Å². The molecular weight excluding hydrogens is 467 g/mol. The highest BCUT2D eigenvalue weighted by atomic mass is 35.5. The van der Waals surface area contributed by atoms with Crippen LogP contribution in [0, 0.1) is 11.6 Å². The van der Waals surface area contributed by atoms with E-state index in [0.29, 0.717) is 24.3 Å². The summed E-state index contributed by atoms with van der Waals surface area (Å²) in [5.74, 6) is -9.57. The minimum absolute atomic E-state index is 0.0594. The lowest BCUT2D eigenvalue weighted by atomic mass is 9.95. The predicted octanol–water partition coefficient (Wildman–Crippen LogP) is 7.08. The van der Waals surface area contributed by atoms with Crippen molar-refractivity contribution in [2.45, 2.75) is 24.7 Å². The number of alkyl halides is 6. The lowest BCUT2D eigenvalue weighted by Gasteiger charge is -2.18. The molecule has 0 fully saturated rings. The van der Waals surface area contributed by atoms with E-state index in [2.05, 4.69) is 0 Å². The summed E-state index contributed by atoms with van der Waals surface area (Å²) in [5, 5.41) is 7.97. The third-order valence-electron chi connectivity index (χ3n) is 4.03. The number of hydrogen-bond acceptors (Lipinski definition) is 1. The van der Waals surface area contributed by atoms with Crippen molar-refractivity contribution in [1.82, 2.24) is 0 Å². The third-order valence-corrected chi connectivity index (χ3v) is 4.31. The molecule has 0 spiro atoms. The van der Waals surface area contributed by atoms with Crippen LogP contribution in [-0.4, -0.2) is 23.4 Å². The van der Waals surface area contributed by atoms with Gasteiger partial charge in [-0.2, -0.15) is 26.3 Å². The van der Waals surface area contributed by atoms with E-state index in [1.54, 1.807) is 0 Å². The summed E-state index contributed by atoms with van der Waals surface area (Å²) >= 11 is 5.34. The first-order valence-electron chi connectivity index (χ1n) is 8.12. The molecule has 0 saturated carbocycles. The van der Waals surface area contributed by atoms with Crippen molar-refractivity contribution in [1.29, 1.82) is 0 Å². The highest BCUT2D eigenvalue weighted by Crippen LogP contribution is 2.40. The molecule has 2 aromatic rings. The van der Waals surface area contributed by atoms with E-state index in [1.807, 2.05) is 0 Å². The molecule has 0 aliphatic heterocycles. The summed E-state index contributed by atoms with van der Waals surface area (Å²) in [7, 11) is 0. The van der Waals surface area contributed by atoms with Gasteiger partial charge in [0.05, 0.1) is 17.0 Å². The number of aromatic carboxylic acids is 1. The number of halogens is 10. The van der Waals surface area contributed by atoms with E-state index in [0.717, 1.165) is 0 Å². The fourth-order valence-corrected chi connectivity index (χ4v) is 2.91. The fraction of sp³-hybridized carbons (Fsp3) is 0.211. The average Bonchev–Trinajstić information content (AvgIpc) is 2.60. The van der Waals surface area contributed by atoms with Gasteiger partial charge in [0.1, 0.15) is 11.7 Å². The number of hydrogen-bond donors (Lipinski definition) is 1. The third kappa shape index (κ3) is 6.16. The van der Waals surface area contributed by atoms with Crippen LogP contribution in [-0.2, 0) is 6.42 Å². The molecule has 0 aromatic heterocycles. The zero-order chi connectivity index (χ0) is 23.7. The Morgan fingerprint density at radius 3 is 2.16 bits per heavy atom. The van der Waals surface area contributed by atoms with Gasteiger partial charge in [0.15, 0.2) is 11.6 Å². The Morgan fingerprint density at radius 2 is 1.68 bits per heavy atom. The molecule has 0 radical (unpaired) electrons. The summed E-state index contributed by atoms with van der Waals surface area (Å²) in [6, 6.07) is 2.34. The summed E-state index contributed by atoms with van der Waals surface area (Å²) < 4.78 is 120. The first-order valence-corrected chi connectivity index (χ1v) is 8.49. The molecule has 1 atom stereocenters. The largest absolute Gasteiger partial charge is 0.478 e. The van der Waals surface area contributed by atoms with E-state index < -0.39 is 75.4 Å². The number of benzene rings is 2. The molecule has 2 nitrogen and oxygen atoms in total. The van der Waals surface area contributed by atoms with Crippen LogP contribution in [0.1, 0.15) is 33.0 Å². The Kier molecular flexibility index (Phi) is 6.99. The average molecular weight is 477 g/mol. The quantitative estimate of drug-likeness (QED) is 0.370. The van der Waals surface area contributed by atoms with E-state index in [-0.39, 0.29) is 12.1 Å². The lowest BCUT2D eigenvalue weighted by Crippen LogP contribution is -2.19. The molecule has 1 unspecified atom stereocenters. The number of allylic oxidation sites excluding steroid dienone is 1. The van der Waals surface area contributed by atoms with Crippen LogP contribution < -0.4 is 0 Å². The van der Waals surface area contributed by atoms with Crippen LogP contribution in [0.3, 0.4) is 0 Å². The van der Waals surface area contributed by atoms with Crippen molar-refractivity contribution in [2.75, 3.05) is 0 Å². The zero-order valence-corrected chi connectivity index (χ0v) is 15.6. The highest BCUT2D eigenvalue weighted by molar-refractivity contribution is 6.30. The van der Waals surface area contributed by atoms with Crippen LogP contribution >= 0.6 is 11.6 Å². The van der Waals surface area contributed by atoms with Crippen molar-refractivity contribution < 1.29 is 49.4 Å². The van der Waals surface area contributed by atoms with Gasteiger partial charge >= 0.3 is 18.3 Å². The first-order chi connectivity index (χ1) is 14.1. The molecule has 1 N–H and O–H groups in total. The van der Waals surface area contributed by atoms with Gasteiger partial charge in [0.25, 0.3) is 0 Å².